The Morgan fingerprint density at radius 3 is 2.12 bits per heavy atom. The number of amides is 2. The number of carbonyl (C=O) groups is 2. The van der Waals surface area contributed by atoms with Crippen LogP contribution in [0.4, 0.5) is 20.2 Å². The van der Waals surface area contributed by atoms with Crippen molar-refractivity contribution in [3.8, 4) is 0 Å². The fourth-order valence-corrected chi connectivity index (χ4v) is 5.28. The average molecular weight is 480 g/mol. The van der Waals surface area contributed by atoms with E-state index in [1.807, 2.05) is 13.8 Å². The van der Waals surface area contributed by atoms with Crippen LogP contribution in [-0.2, 0) is 9.59 Å². The summed E-state index contributed by atoms with van der Waals surface area (Å²) >= 11 is 0. The van der Waals surface area contributed by atoms with Crippen molar-refractivity contribution >= 4 is 23.2 Å². The maximum Gasteiger partial charge on any atom is 0.249 e. The minimum absolute atomic E-state index is 0.0156. The molecular weight excluding hydrogens is 440 g/mol. The van der Waals surface area contributed by atoms with Crippen LogP contribution in [0.5, 0.6) is 0 Å². The topological polar surface area (TPSA) is 76.7 Å². The lowest BCUT2D eigenvalue weighted by Gasteiger charge is -2.49. The quantitative estimate of drug-likeness (QED) is 0.564. The zero-order valence-electron chi connectivity index (χ0n) is 20.8. The summed E-state index contributed by atoms with van der Waals surface area (Å²) in [7, 11) is 0. The molecule has 3 fully saturated rings. The summed E-state index contributed by atoms with van der Waals surface area (Å²) in [4.78, 5) is 27.4. The van der Waals surface area contributed by atoms with Crippen molar-refractivity contribution in [2.45, 2.75) is 65.0 Å². The molecule has 190 valence electrons. The number of benzene rings is 1. The Labute approximate surface area is 201 Å². The fourth-order valence-electron chi connectivity index (χ4n) is 5.28. The van der Waals surface area contributed by atoms with Gasteiger partial charge in [0.15, 0.2) is 11.6 Å². The first-order chi connectivity index (χ1) is 16.3. The number of piperazine rings is 1. The van der Waals surface area contributed by atoms with Crippen molar-refractivity contribution in [2.24, 2.45) is 5.92 Å². The molecule has 0 radical (unpaired) electrons. The summed E-state index contributed by atoms with van der Waals surface area (Å²) in [6.45, 7) is 13.3. The smallest absolute Gasteiger partial charge is 0.249 e. The van der Waals surface area contributed by atoms with Gasteiger partial charge in [0.1, 0.15) is 11.7 Å². The molecule has 3 aliphatic rings. The zero-order valence-corrected chi connectivity index (χ0v) is 20.8. The van der Waals surface area contributed by atoms with Crippen LogP contribution in [0.1, 0.15) is 53.4 Å². The number of halogens is 2. The molecule has 4 rings (SSSR count). The summed E-state index contributed by atoms with van der Waals surface area (Å²) in [5.74, 6) is -1.49. The number of piperidine rings is 2. The number of hydrogen-bond acceptors (Lipinski definition) is 6. The molecule has 9 heteroatoms. The van der Waals surface area contributed by atoms with Crippen LogP contribution >= 0.6 is 0 Å². The third-order valence-corrected chi connectivity index (χ3v) is 7.35. The van der Waals surface area contributed by atoms with Gasteiger partial charge in [-0.1, -0.05) is 13.8 Å². The lowest BCUT2D eigenvalue weighted by Crippen LogP contribution is -2.59. The number of nitrogens with zero attached hydrogens (tertiary/aromatic N) is 2. The standard InChI is InChI=1S/C23H33F2N5O2.C2H6/c1-23(2,15-5-7-26-8-6-15)30-11-9-29(10-12-30)21-17(24)13-16(14-18(21)25)27-19-3-4-20(31)28-22(19)32;1-2/h13-15,19,26-27H,3-12H2,1-2H3,(H,28,31,32);1-2H3. The van der Waals surface area contributed by atoms with Crippen LogP contribution in [0.2, 0.25) is 0 Å². The van der Waals surface area contributed by atoms with E-state index < -0.39 is 23.6 Å². The van der Waals surface area contributed by atoms with E-state index in [1.165, 1.54) is 12.1 Å². The largest absolute Gasteiger partial charge is 0.373 e. The number of hydrogen-bond donors (Lipinski definition) is 3. The predicted octanol–water partition coefficient (Wildman–Crippen LogP) is 3.11. The van der Waals surface area contributed by atoms with Gasteiger partial charge in [-0.2, -0.15) is 0 Å². The van der Waals surface area contributed by atoms with E-state index in [1.54, 1.807) is 4.90 Å². The third-order valence-electron chi connectivity index (χ3n) is 7.35. The Morgan fingerprint density at radius 2 is 1.56 bits per heavy atom. The molecule has 1 aromatic rings. The molecule has 0 saturated carbocycles. The lowest BCUT2D eigenvalue weighted by atomic mass is 9.79. The molecule has 34 heavy (non-hydrogen) atoms. The second kappa shape index (κ2) is 11.4. The molecule has 3 saturated heterocycles. The summed E-state index contributed by atoms with van der Waals surface area (Å²) in [6.07, 6.45) is 2.80. The molecule has 1 atom stereocenters. The third kappa shape index (κ3) is 5.86. The van der Waals surface area contributed by atoms with Gasteiger partial charge in [0.2, 0.25) is 11.8 Å². The number of anilines is 2. The molecule has 1 unspecified atom stereocenters. The van der Waals surface area contributed by atoms with Gasteiger partial charge in [-0.15, -0.1) is 0 Å². The predicted molar refractivity (Wildman–Crippen MR) is 131 cm³/mol. The molecule has 0 bridgehead atoms. The Bertz CT molecular complexity index is 842. The van der Waals surface area contributed by atoms with Crippen LogP contribution in [0.3, 0.4) is 0 Å². The fraction of sp³-hybridized carbons (Fsp3) is 0.680. The van der Waals surface area contributed by atoms with Gasteiger partial charge < -0.3 is 15.5 Å². The molecule has 1 aromatic carbocycles. The van der Waals surface area contributed by atoms with Crippen LogP contribution in [0, 0.1) is 17.6 Å². The normalized spacial score (nSPS) is 22.6. The van der Waals surface area contributed by atoms with Crippen molar-refractivity contribution in [1.29, 1.82) is 0 Å². The van der Waals surface area contributed by atoms with Gasteiger partial charge in [-0.25, -0.2) is 8.78 Å². The average Bonchev–Trinajstić information content (AvgIpc) is 2.83. The van der Waals surface area contributed by atoms with Gasteiger partial charge in [-0.05, 0) is 64.3 Å². The van der Waals surface area contributed by atoms with E-state index in [0.717, 1.165) is 39.0 Å². The lowest BCUT2D eigenvalue weighted by molar-refractivity contribution is -0.133. The van der Waals surface area contributed by atoms with Gasteiger partial charge in [0.25, 0.3) is 0 Å². The first kappa shape index (κ1) is 26.3. The first-order valence-electron chi connectivity index (χ1n) is 12.6. The highest BCUT2D eigenvalue weighted by Gasteiger charge is 2.38. The molecule has 7 nitrogen and oxygen atoms in total. The first-order valence-corrected chi connectivity index (χ1v) is 12.6. The second-order valence-electron chi connectivity index (χ2n) is 9.59. The molecule has 2 amide bonds. The summed E-state index contributed by atoms with van der Waals surface area (Å²) in [6, 6.07) is 1.78. The highest BCUT2D eigenvalue weighted by Crippen LogP contribution is 2.34. The van der Waals surface area contributed by atoms with Crippen molar-refractivity contribution in [3.05, 3.63) is 23.8 Å². The van der Waals surface area contributed by atoms with E-state index in [9.17, 15) is 18.4 Å². The minimum Gasteiger partial charge on any atom is -0.373 e. The number of nitrogens with one attached hydrogen (secondary N) is 3. The Hall–Kier alpha value is -2.26. The highest BCUT2D eigenvalue weighted by atomic mass is 19.1. The van der Waals surface area contributed by atoms with Crippen LogP contribution in [0.15, 0.2) is 12.1 Å². The molecule has 0 aliphatic carbocycles. The molecule has 3 aliphatic heterocycles. The van der Waals surface area contributed by atoms with Gasteiger partial charge in [0, 0.05) is 43.8 Å². The van der Waals surface area contributed by atoms with Crippen molar-refractivity contribution < 1.29 is 18.4 Å². The molecule has 3 heterocycles. The van der Waals surface area contributed by atoms with Gasteiger partial charge in [-0.3, -0.25) is 19.8 Å². The molecular formula is C25H39F2N5O2. The zero-order chi connectivity index (χ0) is 24.9. The molecule has 0 aromatic heterocycles. The van der Waals surface area contributed by atoms with Crippen LogP contribution in [-0.4, -0.2) is 67.6 Å². The van der Waals surface area contributed by atoms with E-state index in [4.69, 9.17) is 0 Å². The van der Waals surface area contributed by atoms with Crippen LogP contribution in [0.25, 0.3) is 0 Å². The summed E-state index contributed by atoms with van der Waals surface area (Å²) < 4.78 is 29.9. The Morgan fingerprint density at radius 1 is 0.971 bits per heavy atom. The number of rotatable bonds is 5. The van der Waals surface area contributed by atoms with Crippen molar-refractivity contribution in [3.63, 3.8) is 0 Å². The highest BCUT2D eigenvalue weighted by molar-refractivity contribution is 6.01. The van der Waals surface area contributed by atoms with Crippen molar-refractivity contribution in [1.82, 2.24) is 15.5 Å². The second-order valence-corrected chi connectivity index (χ2v) is 9.59. The SMILES string of the molecule is CC.CC(C)(C1CCNCC1)N1CCN(c2c(F)cc(NC3CCC(=O)NC3=O)cc2F)CC1. The number of carbonyl (C=O) groups excluding carboxylic acids is 2. The van der Waals surface area contributed by atoms with E-state index in [-0.39, 0.29) is 29.2 Å². The Balaban J connectivity index is 0.00000158. The van der Waals surface area contributed by atoms with Crippen LogP contribution < -0.4 is 20.9 Å². The maximum atomic E-state index is 14.9. The van der Waals surface area contributed by atoms with Gasteiger partial charge >= 0.3 is 0 Å². The summed E-state index contributed by atoms with van der Waals surface area (Å²) in [5, 5.41) is 8.50. The minimum atomic E-state index is -0.682. The molecule has 3 N–H and O–H groups in total. The summed E-state index contributed by atoms with van der Waals surface area (Å²) in [5.41, 5.74) is 0.239. The monoisotopic (exact) mass is 479 g/mol. The maximum absolute atomic E-state index is 14.9. The Kier molecular flexibility index (Phi) is 8.87. The number of imide groups is 1. The van der Waals surface area contributed by atoms with E-state index in [0.29, 0.717) is 25.4 Å². The van der Waals surface area contributed by atoms with Crippen molar-refractivity contribution in [2.75, 3.05) is 49.5 Å². The van der Waals surface area contributed by atoms with E-state index in [2.05, 4.69) is 34.7 Å². The van der Waals surface area contributed by atoms with Gasteiger partial charge in [0.05, 0.1) is 0 Å². The molecule has 0 spiro atoms. The van der Waals surface area contributed by atoms with E-state index >= 15 is 0 Å².